The van der Waals surface area contributed by atoms with E-state index in [2.05, 4.69) is 215 Å². The zero-order valence-corrected chi connectivity index (χ0v) is 31.7. The molecule has 0 fully saturated rings. The normalized spacial score (nSPS) is 11.9. The van der Waals surface area contributed by atoms with Gasteiger partial charge in [-0.1, -0.05) is 146 Å². The first-order valence-corrected chi connectivity index (χ1v) is 20.3. The first kappa shape index (κ1) is 32.1. The monoisotopic (exact) mass is 742 g/mol. The van der Waals surface area contributed by atoms with E-state index < -0.39 is 0 Å². The van der Waals surface area contributed by atoms with Gasteiger partial charge in [0.15, 0.2) is 0 Å². The summed E-state index contributed by atoms with van der Waals surface area (Å²) in [5.74, 6) is 0. The molecule has 9 aromatic carbocycles. The molecule has 266 valence electrons. The molecule has 3 heterocycles. The number of rotatable bonds is 5. The third-order valence-electron chi connectivity index (χ3n) is 11.7. The molecule has 0 saturated carbocycles. The van der Waals surface area contributed by atoms with Crippen LogP contribution in [0.5, 0.6) is 0 Å². The van der Waals surface area contributed by atoms with E-state index in [0.29, 0.717) is 0 Å². The molecule has 57 heavy (non-hydrogen) atoms. The maximum atomic E-state index is 2.47. The fourth-order valence-corrected chi connectivity index (χ4v) is 10.2. The smallest absolute Gasteiger partial charge is 0.0640 e. The van der Waals surface area contributed by atoms with E-state index in [9.17, 15) is 0 Å². The van der Waals surface area contributed by atoms with Crippen molar-refractivity contribution in [2.24, 2.45) is 0 Å². The molecule has 0 unspecified atom stereocenters. The van der Waals surface area contributed by atoms with Gasteiger partial charge in [0.25, 0.3) is 0 Å². The summed E-state index contributed by atoms with van der Waals surface area (Å²) in [5.41, 5.74) is 14.5. The highest BCUT2D eigenvalue weighted by Crippen LogP contribution is 2.43. The third-order valence-corrected chi connectivity index (χ3v) is 12.9. The van der Waals surface area contributed by atoms with Crippen molar-refractivity contribution in [1.82, 2.24) is 9.13 Å². The van der Waals surface area contributed by atoms with Crippen LogP contribution < -0.4 is 0 Å². The average molecular weight is 743 g/mol. The summed E-state index contributed by atoms with van der Waals surface area (Å²) in [7, 11) is 0. The summed E-state index contributed by atoms with van der Waals surface area (Å²) in [5, 5.41) is 7.64. The fraction of sp³-hybridized carbons (Fsp3) is 0. The highest BCUT2D eigenvalue weighted by Gasteiger charge is 2.19. The first-order chi connectivity index (χ1) is 28.3. The number of nitrogens with zero attached hydrogens (tertiary/aromatic N) is 2. The third kappa shape index (κ3) is 5.03. The lowest BCUT2D eigenvalue weighted by Gasteiger charge is -2.11. The van der Waals surface area contributed by atoms with Crippen LogP contribution in [0.1, 0.15) is 0 Å². The van der Waals surface area contributed by atoms with E-state index in [1.165, 1.54) is 103 Å². The second kappa shape index (κ2) is 12.7. The summed E-state index contributed by atoms with van der Waals surface area (Å²) in [6.07, 6.45) is 0. The lowest BCUT2D eigenvalue weighted by Crippen LogP contribution is -1.94. The summed E-state index contributed by atoms with van der Waals surface area (Å²) in [6, 6.07) is 75.6. The van der Waals surface area contributed by atoms with Gasteiger partial charge >= 0.3 is 0 Å². The number of thiophene rings is 1. The minimum Gasteiger partial charge on any atom is -0.309 e. The van der Waals surface area contributed by atoms with Crippen molar-refractivity contribution in [1.29, 1.82) is 0 Å². The Balaban J connectivity index is 1.04. The van der Waals surface area contributed by atoms with Crippen LogP contribution in [0.15, 0.2) is 206 Å². The molecular weight excluding hydrogens is 709 g/mol. The Kier molecular flexibility index (Phi) is 7.13. The van der Waals surface area contributed by atoms with Gasteiger partial charge in [0.05, 0.1) is 32.5 Å². The second-order valence-corrected chi connectivity index (χ2v) is 16.0. The molecule has 12 aromatic rings. The summed E-state index contributed by atoms with van der Waals surface area (Å²) < 4.78 is 7.54. The Morgan fingerprint density at radius 3 is 1.53 bits per heavy atom. The number of para-hydroxylation sites is 1. The fourth-order valence-electron chi connectivity index (χ4n) is 9.04. The number of aromatic nitrogens is 2. The van der Waals surface area contributed by atoms with Crippen molar-refractivity contribution < 1.29 is 0 Å². The molecule has 12 rings (SSSR count). The average Bonchev–Trinajstić information content (AvgIpc) is 3.94. The quantitative estimate of drug-likeness (QED) is 0.166. The molecule has 3 heteroatoms. The van der Waals surface area contributed by atoms with Gasteiger partial charge in [-0.2, -0.15) is 0 Å². The molecule has 2 nitrogen and oxygen atoms in total. The van der Waals surface area contributed by atoms with Crippen LogP contribution in [0, 0.1) is 0 Å². The molecule has 0 radical (unpaired) electrons. The molecular formula is C54H34N2S. The van der Waals surface area contributed by atoms with Crippen LogP contribution >= 0.6 is 11.3 Å². The number of hydrogen-bond acceptors (Lipinski definition) is 1. The van der Waals surface area contributed by atoms with Crippen molar-refractivity contribution in [3.05, 3.63) is 206 Å². The largest absolute Gasteiger partial charge is 0.309 e. The molecule has 0 aliphatic carbocycles. The SMILES string of the molecule is c1ccc(-c2ccc(-n3c4ccc(-c5ccc6c(c5)c5ccccc5n6-c5cccc6c5sc5ccccc56)cc4c4ccc(-c5ccccc5)cc43)cc2)cc1. The summed E-state index contributed by atoms with van der Waals surface area (Å²) >= 11 is 1.88. The zero-order valence-electron chi connectivity index (χ0n) is 30.9. The predicted molar refractivity (Wildman–Crippen MR) is 244 cm³/mol. The van der Waals surface area contributed by atoms with Gasteiger partial charge in [0, 0.05) is 42.7 Å². The molecule has 0 saturated heterocycles. The lowest BCUT2D eigenvalue weighted by atomic mass is 9.99. The summed E-state index contributed by atoms with van der Waals surface area (Å²) in [6.45, 7) is 0. The minimum atomic E-state index is 1.15. The van der Waals surface area contributed by atoms with Gasteiger partial charge in [0.2, 0.25) is 0 Å². The Hall–Kier alpha value is -7.20. The van der Waals surface area contributed by atoms with Gasteiger partial charge in [-0.15, -0.1) is 11.3 Å². The second-order valence-electron chi connectivity index (χ2n) is 14.9. The van der Waals surface area contributed by atoms with Crippen molar-refractivity contribution in [2.75, 3.05) is 0 Å². The molecule has 0 bridgehead atoms. The molecule has 3 aromatic heterocycles. The van der Waals surface area contributed by atoms with E-state index in [1.807, 2.05) is 11.3 Å². The molecule has 0 atom stereocenters. The highest BCUT2D eigenvalue weighted by atomic mass is 32.1. The molecule has 0 aliphatic rings. The van der Waals surface area contributed by atoms with Crippen LogP contribution in [0.25, 0.3) is 109 Å². The van der Waals surface area contributed by atoms with Crippen molar-refractivity contribution in [2.45, 2.75) is 0 Å². The van der Waals surface area contributed by atoms with Crippen LogP contribution in [0.3, 0.4) is 0 Å². The van der Waals surface area contributed by atoms with Crippen LogP contribution in [-0.2, 0) is 0 Å². The van der Waals surface area contributed by atoms with Crippen LogP contribution in [-0.4, -0.2) is 9.13 Å². The lowest BCUT2D eigenvalue weighted by molar-refractivity contribution is 1.18. The maximum absolute atomic E-state index is 2.47. The number of fused-ring (bicyclic) bond motifs is 9. The highest BCUT2D eigenvalue weighted by molar-refractivity contribution is 7.26. The van der Waals surface area contributed by atoms with Gasteiger partial charge in [-0.05, 0) is 94.0 Å². The molecule has 0 spiro atoms. The van der Waals surface area contributed by atoms with Gasteiger partial charge < -0.3 is 9.13 Å². The van der Waals surface area contributed by atoms with Crippen molar-refractivity contribution in [3.63, 3.8) is 0 Å². The zero-order chi connectivity index (χ0) is 37.5. The number of benzene rings is 9. The van der Waals surface area contributed by atoms with E-state index in [4.69, 9.17) is 0 Å². The van der Waals surface area contributed by atoms with E-state index in [1.54, 1.807) is 0 Å². The van der Waals surface area contributed by atoms with Crippen LogP contribution in [0.2, 0.25) is 0 Å². The number of hydrogen-bond donors (Lipinski definition) is 0. The first-order valence-electron chi connectivity index (χ1n) is 19.5. The topological polar surface area (TPSA) is 9.86 Å². The van der Waals surface area contributed by atoms with E-state index in [-0.39, 0.29) is 0 Å². The van der Waals surface area contributed by atoms with Gasteiger partial charge in [0.1, 0.15) is 0 Å². The Morgan fingerprint density at radius 1 is 0.281 bits per heavy atom. The van der Waals surface area contributed by atoms with Crippen LogP contribution in [0.4, 0.5) is 0 Å². The van der Waals surface area contributed by atoms with Gasteiger partial charge in [-0.3, -0.25) is 0 Å². The maximum Gasteiger partial charge on any atom is 0.0640 e. The van der Waals surface area contributed by atoms with E-state index in [0.717, 1.165) is 5.69 Å². The predicted octanol–water partition coefficient (Wildman–Crippen LogP) is 15.2. The Labute approximate surface area is 333 Å². The Morgan fingerprint density at radius 2 is 0.789 bits per heavy atom. The van der Waals surface area contributed by atoms with Gasteiger partial charge in [-0.25, -0.2) is 0 Å². The van der Waals surface area contributed by atoms with Crippen molar-refractivity contribution >= 4 is 75.1 Å². The standard InChI is InChI=1S/C54H34N2S/c1-3-12-35(13-4-1)37-22-27-41(28-23-37)55-49-30-25-38(33-47(49)43-29-24-40(34-52(43)55)36-14-5-2-6-15-36)39-26-31-50-46(32-39)42-16-7-9-19-48(42)56(50)51-20-11-18-45-44-17-8-10-21-53(44)57-54(45)51/h1-34H. The molecule has 0 amide bonds. The minimum absolute atomic E-state index is 1.15. The van der Waals surface area contributed by atoms with E-state index >= 15 is 0 Å². The van der Waals surface area contributed by atoms with Crippen molar-refractivity contribution in [3.8, 4) is 44.8 Å². The Bertz CT molecular complexity index is 3490. The molecule has 0 aliphatic heterocycles. The summed E-state index contributed by atoms with van der Waals surface area (Å²) in [4.78, 5) is 0. The molecule has 0 N–H and O–H groups in total.